The van der Waals surface area contributed by atoms with Crippen molar-refractivity contribution in [3.63, 3.8) is 0 Å². The van der Waals surface area contributed by atoms with Crippen LogP contribution in [0.25, 0.3) is 0 Å². The number of hydrogen-bond donors (Lipinski definition) is 1. The van der Waals surface area contributed by atoms with E-state index < -0.39 is 0 Å². The highest BCUT2D eigenvalue weighted by atomic mass is 35.5. The van der Waals surface area contributed by atoms with E-state index in [2.05, 4.69) is 22.4 Å². The van der Waals surface area contributed by atoms with Gasteiger partial charge in [0.1, 0.15) is 15.8 Å². The summed E-state index contributed by atoms with van der Waals surface area (Å²) in [5.74, 6) is 0.529. The summed E-state index contributed by atoms with van der Waals surface area (Å²) in [6, 6.07) is 4.83. The first-order valence-electron chi connectivity index (χ1n) is 9.24. The maximum absolute atomic E-state index is 12.5. The molecule has 0 spiro atoms. The molecule has 0 bridgehead atoms. The summed E-state index contributed by atoms with van der Waals surface area (Å²) in [7, 11) is 0. The molecule has 0 aliphatic carbocycles. The molecular weight excluding hydrogens is 439 g/mol. The second-order valence-electron chi connectivity index (χ2n) is 6.23. The molecule has 2 aromatic rings. The molecule has 29 heavy (non-hydrogen) atoms. The van der Waals surface area contributed by atoms with E-state index in [1.54, 1.807) is 18.2 Å². The second kappa shape index (κ2) is 11.4. The van der Waals surface area contributed by atoms with E-state index in [1.165, 1.54) is 5.06 Å². The minimum Gasteiger partial charge on any atom is -0.436 e. The van der Waals surface area contributed by atoms with E-state index in [1.807, 2.05) is 13.8 Å². The van der Waals surface area contributed by atoms with Gasteiger partial charge in [0, 0.05) is 5.69 Å². The number of benzene rings is 1. The van der Waals surface area contributed by atoms with Crippen LogP contribution in [-0.2, 0) is 4.84 Å². The number of aryl methyl sites for hydroxylation is 1. The van der Waals surface area contributed by atoms with Gasteiger partial charge in [-0.25, -0.2) is 9.86 Å². The first-order valence-corrected chi connectivity index (χ1v) is 10.4. The van der Waals surface area contributed by atoms with E-state index in [0.717, 1.165) is 24.8 Å². The molecule has 2 rings (SSSR count). The highest BCUT2D eigenvalue weighted by molar-refractivity contribution is 6.47. The molecule has 2 amide bonds. The van der Waals surface area contributed by atoms with Crippen molar-refractivity contribution >= 4 is 46.5 Å². The fraction of sp³-hybridized carbons (Fsp3) is 0.421. The average Bonchev–Trinajstić information content (AvgIpc) is 2.69. The average molecular weight is 462 g/mol. The zero-order chi connectivity index (χ0) is 21.4. The minimum atomic E-state index is -0.325. The largest absolute Gasteiger partial charge is 0.436 e. The lowest BCUT2D eigenvalue weighted by Crippen LogP contribution is -2.36. The number of urea groups is 1. The number of halogens is 3. The highest BCUT2D eigenvalue weighted by Gasteiger charge is 2.17. The molecule has 0 unspecified atom stereocenters. The van der Waals surface area contributed by atoms with Crippen molar-refractivity contribution < 1.29 is 14.4 Å². The predicted octanol–water partition coefficient (Wildman–Crippen LogP) is 6.51. The molecule has 0 atom stereocenters. The minimum absolute atomic E-state index is 0.00316. The van der Waals surface area contributed by atoms with Gasteiger partial charge in [-0.2, -0.15) is 0 Å². The number of carbonyl (C=O) groups excluding carboxylic acids is 1. The van der Waals surface area contributed by atoms with Crippen molar-refractivity contribution in [3.05, 3.63) is 39.0 Å². The molecule has 0 saturated heterocycles. The number of hydroxylamine groups is 2. The van der Waals surface area contributed by atoms with E-state index in [9.17, 15) is 4.79 Å². The van der Waals surface area contributed by atoms with Crippen LogP contribution in [0, 0.1) is 6.92 Å². The van der Waals surface area contributed by atoms with Crippen molar-refractivity contribution in [1.29, 1.82) is 0 Å². The molecule has 1 aromatic carbocycles. The molecular formula is C19H23Cl3N4O3. The molecule has 1 aromatic heterocycles. The number of hydrogen-bond acceptors (Lipinski definition) is 5. The fourth-order valence-electron chi connectivity index (χ4n) is 2.31. The number of carbonyl (C=O) groups is 1. The third-order valence-corrected chi connectivity index (χ3v) is 5.00. The first kappa shape index (κ1) is 23.5. The van der Waals surface area contributed by atoms with Crippen molar-refractivity contribution in [3.8, 4) is 11.6 Å². The summed E-state index contributed by atoms with van der Waals surface area (Å²) in [6.07, 6.45) is 2.67. The Morgan fingerprint density at radius 1 is 1.14 bits per heavy atom. The lowest BCUT2D eigenvalue weighted by atomic mass is 10.2. The molecule has 0 fully saturated rings. The Morgan fingerprint density at radius 3 is 2.55 bits per heavy atom. The summed E-state index contributed by atoms with van der Waals surface area (Å²) < 4.78 is 5.69. The van der Waals surface area contributed by atoms with E-state index in [4.69, 9.17) is 44.4 Å². The van der Waals surface area contributed by atoms with Crippen molar-refractivity contribution in [2.45, 2.75) is 40.0 Å². The zero-order valence-corrected chi connectivity index (χ0v) is 18.7. The van der Waals surface area contributed by atoms with E-state index in [0.29, 0.717) is 24.6 Å². The highest BCUT2D eigenvalue weighted by Crippen LogP contribution is 2.36. The summed E-state index contributed by atoms with van der Waals surface area (Å²) >= 11 is 17.8. The Kier molecular flexibility index (Phi) is 9.23. The van der Waals surface area contributed by atoms with Crippen molar-refractivity contribution in [1.82, 2.24) is 15.3 Å². The van der Waals surface area contributed by atoms with Gasteiger partial charge in [-0.05, 0) is 43.5 Å². The maximum Gasteiger partial charge on any atom is 0.345 e. The zero-order valence-electron chi connectivity index (χ0n) is 16.5. The lowest BCUT2D eigenvalue weighted by Gasteiger charge is -2.22. The summed E-state index contributed by atoms with van der Waals surface area (Å²) in [5, 5.41) is 11.8. The quantitative estimate of drug-likeness (QED) is 0.340. The molecule has 158 valence electrons. The standard InChI is InChI=1S/C19H23Cl3N4O3/c1-4-6-10-28-26(9-5-2)19(27)23-13-7-8-14(12(3)11-13)29-18-16(21)15(20)17(22)24-25-18/h7-8,11H,4-6,9-10H2,1-3H3,(H,23,27). The number of anilines is 1. The van der Waals surface area contributed by atoms with Gasteiger partial charge in [-0.1, -0.05) is 55.1 Å². The van der Waals surface area contributed by atoms with Gasteiger partial charge >= 0.3 is 6.03 Å². The van der Waals surface area contributed by atoms with Gasteiger partial charge < -0.3 is 10.1 Å². The number of rotatable bonds is 9. The van der Waals surface area contributed by atoms with Gasteiger partial charge in [0.25, 0.3) is 5.88 Å². The van der Waals surface area contributed by atoms with Gasteiger partial charge in [-0.3, -0.25) is 4.84 Å². The number of amides is 2. The second-order valence-corrected chi connectivity index (χ2v) is 7.34. The van der Waals surface area contributed by atoms with Crippen LogP contribution in [0.5, 0.6) is 11.6 Å². The SMILES string of the molecule is CCCCON(CCC)C(=O)Nc1ccc(Oc2nnc(Cl)c(Cl)c2Cl)c(C)c1. The molecule has 0 aliphatic heterocycles. The van der Waals surface area contributed by atoms with Crippen molar-refractivity contribution in [2.75, 3.05) is 18.5 Å². The molecule has 1 N–H and O–H groups in total. The Labute approximate surface area is 185 Å². The topological polar surface area (TPSA) is 76.6 Å². The fourth-order valence-corrected chi connectivity index (χ4v) is 2.77. The van der Waals surface area contributed by atoms with Crippen LogP contribution in [0.15, 0.2) is 18.2 Å². The Hall–Kier alpha value is -1.80. The van der Waals surface area contributed by atoms with Crippen LogP contribution in [0.2, 0.25) is 15.2 Å². The van der Waals surface area contributed by atoms with Gasteiger partial charge in [0.15, 0.2) is 5.15 Å². The van der Waals surface area contributed by atoms with Gasteiger partial charge in [0.2, 0.25) is 0 Å². The Bertz CT molecular complexity index is 852. The normalized spacial score (nSPS) is 10.7. The molecule has 7 nitrogen and oxygen atoms in total. The molecule has 0 saturated carbocycles. The van der Waals surface area contributed by atoms with Crippen LogP contribution in [0.4, 0.5) is 10.5 Å². The first-order chi connectivity index (χ1) is 13.9. The summed E-state index contributed by atoms with van der Waals surface area (Å²) in [4.78, 5) is 18.1. The smallest absolute Gasteiger partial charge is 0.345 e. The van der Waals surface area contributed by atoms with Crippen LogP contribution < -0.4 is 10.1 Å². The molecule has 10 heteroatoms. The van der Waals surface area contributed by atoms with Gasteiger partial charge in [-0.15, -0.1) is 10.2 Å². The van der Waals surface area contributed by atoms with Crippen LogP contribution in [0.3, 0.4) is 0 Å². The summed E-state index contributed by atoms with van der Waals surface area (Å²) in [5.41, 5.74) is 1.35. The molecule has 0 radical (unpaired) electrons. The third kappa shape index (κ3) is 6.60. The van der Waals surface area contributed by atoms with Gasteiger partial charge in [0.05, 0.1) is 13.2 Å². The Balaban J connectivity index is 2.08. The van der Waals surface area contributed by atoms with Crippen LogP contribution in [-0.4, -0.2) is 34.4 Å². The summed E-state index contributed by atoms with van der Waals surface area (Å²) in [6.45, 7) is 6.88. The third-order valence-electron chi connectivity index (χ3n) is 3.82. The lowest BCUT2D eigenvalue weighted by molar-refractivity contribution is -0.114. The molecule has 0 aliphatic rings. The monoisotopic (exact) mass is 460 g/mol. The van der Waals surface area contributed by atoms with E-state index >= 15 is 0 Å². The number of nitrogens with zero attached hydrogens (tertiary/aromatic N) is 3. The number of unbranched alkanes of at least 4 members (excludes halogenated alkanes) is 1. The number of ether oxygens (including phenoxy) is 1. The number of aromatic nitrogens is 2. The Morgan fingerprint density at radius 2 is 1.90 bits per heavy atom. The van der Waals surface area contributed by atoms with E-state index in [-0.39, 0.29) is 27.1 Å². The van der Waals surface area contributed by atoms with Crippen molar-refractivity contribution in [2.24, 2.45) is 0 Å². The predicted molar refractivity (Wildman–Crippen MR) is 115 cm³/mol. The van der Waals surface area contributed by atoms with Crippen LogP contribution >= 0.6 is 34.8 Å². The van der Waals surface area contributed by atoms with Crippen LogP contribution in [0.1, 0.15) is 38.7 Å². The molecule has 1 heterocycles. The maximum atomic E-state index is 12.5. The number of nitrogens with one attached hydrogen (secondary N) is 1.